The number of benzene rings is 1. The Labute approximate surface area is 96.5 Å². The minimum atomic E-state index is 0.00166. The second kappa shape index (κ2) is 5.01. The van der Waals surface area contributed by atoms with E-state index in [-0.39, 0.29) is 11.1 Å². The van der Waals surface area contributed by atoms with E-state index in [2.05, 4.69) is 0 Å². The van der Waals surface area contributed by atoms with Gasteiger partial charge in [-0.25, -0.2) is 0 Å². The van der Waals surface area contributed by atoms with E-state index in [9.17, 15) is 0 Å². The first kappa shape index (κ1) is 11.1. The summed E-state index contributed by atoms with van der Waals surface area (Å²) < 4.78 is 4.92. The molecule has 0 aromatic heterocycles. The molecule has 0 aliphatic carbocycles. The van der Waals surface area contributed by atoms with E-state index < -0.39 is 0 Å². The van der Waals surface area contributed by atoms with E-state index in [1.54, 1.807) is 18.2 Å². The molecule has 0 bridgehead atoms. The lowest BCUT2D eigenvalue weighted by Gasteiger charge is -2.05. The second-order valence-corrected chi connectivity index (χ2v) is 3.60. The Kier molecular flexibility index (Phi) is 4.26. The van der Waals surface area contributed by atoms with Crippen molar-refractivity contribution >= 4 is 52.1 Å². The van der Waals surface area contributed by atoms with Gasteiger partial charge in [-0.2, -0.15) is 0 Å². The summed E-state index contributed by atoms with van der Waals surface area (Å²) in [6.07, 6.45) is 0. The average Bonchev–Trinajstić information content (AvgIpc) is 2.09. The van der Waals surface area contributed by atoms with E-state index in [0.717, 1.165) is 0 Å². The topological polar surface area (TPSA) is 9.23 Å². The van der Waals surface area contributed by atoms with Gasteiger partial charge < -0.3 is 4.74 Å². The molecule has 70 valence electrons. The number of thiocarbonyl (C=S) groups is 1. The second-order valence-electron chi connectivity index (χ2n) is 2.17. The Morgan fingerprint density at radius 1 is 1.38 bits per heavy atom. The molecule has 1 aromatic carbocycles. The smallest absolute Gasteiger partial charge is 0.194 e. The van der Waals surface area contributed by atoms with Crippen LogP contribution < -0.4 is 0 Å². The third-order valence-electron chi connectivity index (χ3n) is 1.33. The molecule has 5 heteroatoms. The standard InChI is InChI=1S/C8H5Cl3OS/c9-4-12-8(13)6-3-5(10)1-2-7(6)11/h1-3H,4H2. The average molecular weight is 256 g/mol. The lowest BCUT2D eigenvalue weighted by Crippen LogP contribution is -2.02. The molecule has 1 nitrogen and oxygen atoms in total. The summed E-state index contributed by atoms with van der Waals surface area (Å²) in [7, 11) is 0. The van der Waals surface area contributed by atoms with Crippen LogP contribution in [-0.4, -0.2) is 11.1 Å². The fourth-order valence-corrected chi connectivity index (χ4v) is 1.61. The number of hydrogen-bond donors (Lipinski definition) is 0. The molecule has 1 rings (SSSR count). The maximum Gasteiger partial charge on any atom is 0.194 e. The Balaban J connectivity index is 2.99. The van der Waals surface area contributed by atoms with Gasteiger partial charge in [-0.15, -0.1) is 0 Å². The first-order chi connectivity index (χ1) is 6.15. The van der Waals surface area contributed by atoms with Crippen molar-refractivity contribution in [2.75, 3.05) is 6.07 Å². The van der Waals surface area contributed by atoms with Gasteiger partial charge in [-0.05, 0) is 30.4 Å². The van der Waals surface area contributed by atoms with Crippen LogP contribution in [0.3, 0.4) is 0 Å². The quantitative estimate of drug-likeness (QED) is 0.586. The van der Waals surface area contributed by atoms with E-state index in [0.29, 0.717) is 15.6 Å². The molecule has 0 aliphatic heterocycles. The molecule has 0 N–H and O–H groups in total. The monoisotopic (exact) mass is 254 g/mol. The molecule has 0 aliphatic rings. The largest absolute Gasteiger partial charge is 0.467 e. The van der Waals surface area contributed by atoms with E-state index in [1.165, 1.54) is 0 Å². The zero-order chi connectivity index (χ0) is 9.84. The molecular weight excluding hydrogens is 251 g/mol. The Bertz CT molecular complexity index is 327. The normalized spacial score (nSPS) is 9.77. The van der Waals surface area contributed by atoms with Crippen LogP contribution in [0.25, 0.3) is 0 Å². The van der Waals surface area contributed by atoms with Gasteiger partial charge in [0.05, 0.1) is 5.02 Å². The van der Waals surface area contributed by atoms with Crippen molar-refractivity contribution in [3.8, 4) is 0 Å². The maximum atomic E-state index is 5.86. The van der Waals surface area contributed by atoms with Crippen LogP contribution in [0.4, 0.5) is 0 Å². The SMILES string of the molecule is S=C(OCCl)c1cc(Cl)ccc1Cl. The van der Waals surface area contributed by atoms with Crippen LogP contribution in [-0.2, 0) is 4.74 Å². The summed E-state index contributed by atoms with van der Waals surface area (Å²) in [5.41, 5.74) is 0.588. The van der Waals surface area contributed by atoms with E-state index >= 15 is 0 Å². The highest BCUT2D eigenvalue weighted by molar-refractivity contribution is 7.80. The van der Waals surface area contributed by atoms with Gasteiger partial charge in [0.2, 0.25) is 0 Å². The van der Waals surface area contributed by atoms with E-state index in [4.69, 9.17) is 51.8 Å². The minimum absolute atomic E-state index is 0.00166. The third-order valence-corrected chi connectivity index (χ3v) is 2.35. The molecule has 0 amide bonds. The van der Waals surface area contributed by atoms with Crippen molar-refractivity contribution in [1.29, 1.82) is 0 Å². The van der Waals surface area contributed by atoms with Gasteiger partial charge >= 0.3 is 0 Å². The molecule has 0 fully saturated rings. The van der Waals surface area contributed by atoms with Crippen LogP contribution in [0, 0.1) is 0 Å². The van der Waals surface area contributed by atoms with Crippen molar-refractivity contribution < 1.29 is 4.74 Å². The highest BCUT2D eigenvalue weighted by Crippen LogP contribution is 2.21. The third kappa shape index (κ3) is 2.99. The number of rotatable bonds is 2. The predicted molar refractivity (Wildman–Crippen MR) is 60.0 cm³/mol. The Morgan fingerprint density at radius 3 is 2.69 bits per heavy atom. The van der Waals surface area contributed by atoms with Gasteiger partial charge in [0.15, 0.2) is 11.1 Å². The number of halogens is 3. The highest BCUT2D eigenvalue weighted by Gasteiger charge is 2.07. The molecule has 0 saturated heterocycles. The molecule has 0 atom stereocenters. The Hall–Kier alpha value is -0.0200. The lowest BCUT2D eigenvalue weighted by molar-refractivity contribution is 0.387. The van der Waals surface area contributed by atoms with Crippen LogP contribution in [0.1, 0.15) is 5.56 Å². The summed E-state index contributed by atoms with van der Waals surface area (Å²) in [6, 6.07) is 4.97. The molecule has 0 unspecified atom stereocenters. The van der Waals surface area contributed by atoms with Gasteiger partial charge in [0, 0.05) is 10.6 Å². The van der Waals surface area contributed by atoms with Gasteiger partial charge in [0.25, 0.3) is 0 Å². The fraction of sp³-hybridized carbons (Fsp3) is 0.125. The van der Waals surface area contributed by atoms with Crippen molar-refractivity contribution in [2.24, 2.45) is 0 Å². The van der Waals surface area contributed by atoms with Crippen molar-refractivity contribution in [2.45, 2.75) is 0 Å². The molecule has 13 heavy (non-hydrogen) atoms. The van der Waals surface area contributed by atoms with Crippen LogP contribution in [0.5, 0.6) is 0 Å². The fourth-order valence-electron chi connectivity index (χ4n) is 0.781. The number of alkyl halides is 1. The van der Waals surface area contributed by atoms with Crippen LogP contribution in [0.15, 0.2) is 18.2 Å². The van der Waals surface area contributed by atoms with Gasteiger partial charge in [-0.1, -0.05) is 34.8 Å². The summed E-state index contributed by atoms with van der Waals surface area (Å²) >= 11 is 21.9. The first-order valence-corrected chi connectivity index (χ1v) is 5.03. The summed E-state index contributed by atoms with van der Waals surface area (Å²) in [6.45, 7) is 0. The van der Waals surface area contributed by atoms with Gasteiger partial charge in [-0.3, -0.25) is 0 Å². The van der Waals surface area contributed by atoms with Crippen LogP contribution >= 0.6 is 47.0 Å². The molecule has 0 saturated carbocycles. The number of hydrogen-bond acceptors (Lipinski definition) is 2. The highest BCUT2D eigenvalue weighted by atomic mass is 35.5. The summed E-state index contributed by atoms with van der Waals surface area (Å²) in [4.78, 5) is 0. The molecule has 1 aromatic rings. The maximum absolute atomic E-state index is 5.86. The Morgan fingerprint density at radius 2 is 2.08 bits per heavy atom. The first-order valence-electron chi connectivity index (χ1n) is 3.33. The van der Waals surface area contributed by atoms with E-state index in [1.807, 2.05) is 0 Å². The van der Waals surface area contributed by atoms with Crippen molar-refractivity contribution in [1.82, 2.24) is 0 Å². The van der Waals surface area contributed by atoms with Crippen molar-refractivity contribution in [3.05, 3.63) is 33.8 Å². The predicted octanol–water partition coefficient (Wildman–Crippen LogP) is 3.88. The van der Waals surface area contributed by atoms with Crippen LogP contribution in [0.2, 0.25) is 10.0 Å². The minimum Gasteiger partial charge on any atom is -0.467 e. The van der Waals surface area contributed by atoms with Gasteiger partial charge in [0.1, 0.15) is 0 Å². The number of ether oxygens (including phenoxy) is 1. The molecule has 0 heterocycles. The molecule has 0 spiro atoms. The molecular formula is C8H5Cl3OS. The summed E-state index contributed by atoms with van der Waals surface area (Å²) in [5.74, 6) is 0. The summed E-state index contributed by atoms with van der Waals surface area (Å²) in [5, 5.41) is 1.31. The molecule has 0 radical (unpaired) electrons. The van der Waals surface area contributed by atoms with Crippen molar-refractivity contribution in [3.63, 3.8) is 0 Å². The lowest BCUT2D eigenvalue weighted by atomic mass is 10.2. The zero-order valence-electron chi connectivity index (χ0n) is 6.39. The zero-order valence-corrected chi connectivity index (χ0v) is 9.47.